The number of amides is 1. The van der Waals surface area contributed by atoms with E-state index in [4.69, 9.17) is 23.2 Å². The summed E-state index contributed by atoms with van der Waals surface area (Å²) in [4.78, 5) is 14.0. The Morgan fingerprint density at radius 2 is 2.25 bits per heavy atom. The Labute approximate surface area is 128 Å². The summed E-state index contributed by atoms with van der Waals surface area (Å²) in [6.07, 6.45) is 1.92. The number of piperidine rings is 1. The van der Waals surface area contributed by atoms with E-state index in [9.17, 15) is 9.90 Å². The molecule has 1 atom stereocenters. The topological polar surface area (TPSA) is 52.6 Å². The van der Waals surface area contributed by atoms with Crippen LogP contribution in [0.2, 0.25) is 10.0 Å². The van der Waals surface area contributed by atoms with Crippen molar-refractivity contribution in [3.05, 3.63) is 28.2 Å². The van der Waals surface area contributed by atoms with Crippen molar-refractivity contribution in [2.45, 2.75) is 25.4 Å². The van der Waals surface area contributed by atoms with Gasteiger partial charge >= 0.3 is 0 Å². The highest BCUT2D eigenvalue weighted by atomic mass is 35.5. The quantitative estimate of drug-likeness (QED) is 0.898. The molecule has 2 rings (SSSR count). The third kappa shape index (κ3) is 4.63. The van der Waals surface area contributed by atoms with Crippen molar-refractivity contribution in [2.75, 3.05) is 25.0 Å². The second-order valence-corrected chi connectivity index (χ2v) is 5.86. The van der Waals surface area contributed by atoms with Crippen LogP contribution in [0.15, 0.2) is 18.2 Å². The molecule has 1 aromatic carbocycles. The van der Waals surface area contributed by atoms with Crippen molar-refractivity contribution in [1.82, 2.24) is 4.90 Å². The molecule has 1 fully saturated rings. The van der Waals surface area contributed by atoms with E-state index in [0.717, 1.165) is 19.4 Å². The SMILES string of the molecule is O=C(CCN1CCC[C@H](O)C1)Nc1cc(Cl)ccc1Cl. The maximum atomic E-state index is 11.9. The molecule has 1 aromatic rings. The zero-order valence-corrected chi connectivity index (χ0v) is 12.6. The van der Waals surface area contributed by atoms with Crippen LogP contribution in [0.1, 0.15) is 19.3 Å². The van der Waals surface area contributed by atoms with Crippen LogP contribution in [0.5, 0.6) is 0 Å². The van der Waals surface area contributed by atoms with Crippen molar-refractivity contribution in [1.29, 1.82) is 0 Å². The van der Waals surface area contributed by atoms with Gasteiger partial charge in [-0.3, -0.25) is 4.79 Å². The van der Waals surface area contributed by atoms with Crippen molar-refractivity contribution < 1.29 is 9.90 Å². The summed E-state index contributed by atoms with van der Waals surface area (Å²) in [5.74, 6) is -0.103. The lowest BCUT2D eigenvalue weighted by molar-refractivity contribution is -0.116. The van der Waals surface area contributed by atoms with Crippen LogP contribution in [-0.4, -0.2) is 41.7 Å². The Morgan fingerprint density at radius 3 is 3.00 bits per heavy atom. The van der Waals surface area contributed by atoms with E-state index in [1.54, 1.807) is 18.2 Å². The normalized spacial score (nSPS) is 19.9. The van der Waals surface area contributed by atoms with E-state index in [2.05, 4.69) is 10.2 Å². The van der Waals surface area contributed by atoms with Crippen LogP contribution in [0.4, 0.5) is 5.69 Å². The van der Waals surface area contributed by atoms with Crippen molar-refractivity contribution >= 4 is 34.8 Å². The number of rotatable bonds is 4. The van der Waals surface area contributed by atoms with E-state index >= 15 is 0 Å². The second kappa shape index (κ2) is 7.27. The predicted octanol–water partition coefficient (Wildman–Crippen LogP) is 2.78. The van der Waals surface area contributed by atoms with Crippen LogP contribution >= 0.6 is 23.2 Å². The Bertz CT molecular complexity index is 482. The molecule has 4 nitrogen and oxygen atoms in total. The average molecular weight is 317 g/mol. The van der Waals surface area contributed by atoms with Crippen LogP contribution in [0, 0.1) is 0 Å². The van der Waals surface area contributed by atoms with E-state index in [1.165, 1.54) is 0 Å². The second-order valence-electron chi connectivity index (χ2n) is 5.02. The Morgan fingerprint density at radius 1 is 1.45 bits per heavy atom. The summed E-state index contributed by atoms with van der Waals surface area (Å²) in [5, 5.41) is 13.3. The fourth-order valence-electron chi connectivity index (χ4n) is 2.30. The van der Waals surface area contributed by atoms with Gasteiger partial charge in [0, 0.05) is 24.5 Å². The van der Waals surface area contributed by atoms with Crippen LogP contribution in [0.25, 0.3) is 0 Å². The average Bonchev–Trinajstić information content (AvgIpc) is 2.41. The number of likely N-dealkylation sites (tertiary alicyclic amines) is 1. The minimum absolute atomic E-state index is 0.103. The molecule has 1 aliphatic heterocycles. The number of nitrogens with one attached hydrogen (secondary N) is 1. The number of halogens is 2. The van der Waals surface area contributed by atoms with Gasteiger partial charge < -0.3 is 15.3 Å². The highest BCUT2D eigenvalue weighted by Crippen LogP contribution is 2.25. The minimum atomic E-state index is -0.269. The molecular formula is C14H18Cl2N2O2. The lowest BCUT2D eigenvalue weighted by Gasteiger charge is -2.29. The molecule has 0 aromatic heterocycles. The molecule has 110 valence electrons. The largest absolute Gasteiger partial charge is 0.392 e. The number of hydrogen-bond acceptors (Lipinski definition) is 3. The highest BCUT2D eigenvalue weighted by molar-refractivity contribution is 6.35. The number of benzene rings is 1. The minimum Gasteiger partial charge on any atom is -0.392 e. The summed E-state index contributed by atoms with van der Waals surface area (Å²) in [7, 11) is 0. The zero-order valence-electron chi connectivity index (χ0n) is 11.1. The number of anilines is 1. The first-order valence-corrected chi connectivity index (χ1v) is 7.45. The molecule has 0 aliphatic carbocycles. The van der Waals surface area contributed by atoms with Crippen molar-refractivity contribution in [3.63, 3.8) is 0 Å². The number of aliphatic hydroxyl groups excluding tert-OH is 1. The molecule has 6 heteroatoms. The molecule has 1 heterocycles. The number of nitrogens with zero attached hydrogens (tertiary/aromatic N) is 1. The van der Waals surface area contributed by atoms with Gasteiger partial charge in [0.2, 0.25) is 5.91 Å². The maximum Gasteiger partial charge on any atom is 0.225 e. The molecular weight excluding hydrogens is 299 g/mol. The van der Waals surface area contributed by atoms with Gasteiger partial charge in [-0.25, -0.2) is 0 Å². The van der Waals surface area contributed by atoms with Crippen LogP contribution < -0.4 is 5.32 Å². The maximum absolute atomic E-state index is 11.9. The molecule has 0 saturated carbocycles. The predicted molar refractivity (Wildman–Crippen MR) is 81.4 cm³/mol. The van der Waals surface area contributed by atoms with Gasteiger partial charge in [0.25, 0.3) is 0 Å². The first-order chi connectivity index (χ1) is 9.54. The fourth-order valence-corrected chi connectivity index (χ4v) is 2.64. The molecule has 0 radical (unpaired) electrons. The Hall–Kier alpha value is -0.810. The van der Waals surface area contributed by atoms with Gasteiger partial charge in [-0.05, 0) is 37.6 Å². The monoisotopic (exact) mass is 316 g/mol. The Balaban J connectivity index is 1.82. The van der Waals surface area contributed by atoms with Gasteiger partial charge in [0.1, 0.15) is 0 Å². The van der Waals surface area contributed by atoms with E-state index in [0.29, 0.717) is 35.2 Å². The van der Waals surface area contributed by atoms with Gasteiger partial charge in [-0.15, -0.1) is 0 Å². The summed E-state index contributed by atoms with van der Waals surface area (Å²) in [6.45, 7) is 2.22. The molecule has 1 saturated heterocycles. The molecule has 0 unspecified atom stereocenters. The number of carbonyl (C=O) groups excluding carboxylic acids is 1. The molecule has 1 aliphatic rings. The molecule has 0 bridgehead atoms. The third-order valence-electron chi connectivity index (χ3n) is 3.34. The molecule has 1 amide bonds. The highest BCUT2D eigenvalue weighted by Gasteiger charge is 2.18. The van der Waals surface area contributed by atoms with E-state index in [1.807, 2.05) is 0 Å². The van der Waals surface area contributed by atoms with Crippen molar-refractivity contribution in [3.8, 4) is 0 Å². The Kier molecular flexibility index (Phi) is 5.66. The standard InChI is InChI=1S/C14H18Cl2N2O2/c15-10-3-4-12(16)13(8-10)17-14(20)5-7-18-6-1-2-11(19)9-18/h3-4,8,11,19H,1-2,5-7,9H2,(H,17,20)/t11-/m0/s1. The van der Waals surface area contributed by atoms with Gasteiger partial charge in [0.15, 0.2) is 0 Å². The van der Waals surface area contributed by atoms with Crippen LogP contribution in [0.3, 0.4) is 0 Å². The van der Waals surface area contributed by atoms with Crippen molar-refractivity contribution in [2.24, 2.45) is 0 Å². The molecule has 20 heavy (non-hydrogen) atoms. The summed E-state index contributed by atoms with van der Waals surface area (Å²) < 4.78 is 0. The van der Waals surface area contributed by atoms with E-state index in [-0.39, 0.29) is 12.0 Å². The first kappa shape index (κ1) is 15.6. The molecule has 2 N–H and O–H groups in total. The first-order valence-electron chi connectivity index (χ1n) is 6.70. The summed E-state index contributed by atoms with van der Waals surface area (Å²) >= 11 is 11.9. The number of β-amino-alcohol motifs (C(OH)–C–C–N with tert-alkyl or cyclic N) is 1. The lowest BCUT2D eigenvalue weighted by atomic mass is 10.1. The van der Waals surface area contributed by atoms with E-state index < -0.39 is 0 Å². The number of aliphatic hydroxyl groups is 1. The van der Waals surface area contributed by atoms with Gasteiger partial charge in [-0.1, -0.05) is 23.2 Å². The summed E-state index contributed by atoms with van der Waals surface area (Å²) in [6, 6.07) is 4.96. The van der Waals surface area contributed by atoms with Crippen LogP contribution in [-0.2, 0) is 4.79 Å². The van der Waals surface area contributed by atoms with Gasteiger partial charge in [0.05, 0.1) is 16.8 Å². The lowest BCUT2D eigenvalue weighted by Crippen LogP contribution is -2.39. The number of carbonyl (C=O) groups is 1. The van der Waals surface area contributed by atoms with Gasteiger partial charge in [-0.2, -0.15) is 0 Å². The fraction of sp³-hybridized carbons (Fsp3) is 0.500. The molecule has 0 spiro atoms. The number of hydrogen-bond donors (Lipinski definition) is 2. The zero-order chi connectivity index (χ0) is 14.5. The summed E-state index contributed by atoms with van der Waals surface area (Å²) in [5.41, 5.74) is 0.530. The smallest absolute Gasteiger partial charge is 0.225 e. The third-order valence-corrected chi connectivity index (χ3v) is 3.90.